The van der Waals surface area contributed by atoms with Crippen LogP contribution < -0.4 is 4.90 Å². The molecule has 1 aromatic carbocycles. The predicted molar refractivity (Wildman–Crippen MR) is 86.9 cm³/mol. The minimum absolute atomic E-state index is 0.110. The number of para-hydroxylation sites is 1. The molecule has 0 bridgehead atoms. The summed E-state index contributed by atoms with van der Waals surface area (Å²) in [5, 5.41) is 9.34. The van der Waals surface area contributed by atoms with E-state index >= 15 is 0 Å². The van der Waals surface area contributed by atoms with Crippen LogP contribution in [-0.4, -0.2) is 72.7 Å². The molecule has 3 rings (SSSR count). The maximum Gasteiger partial charge on any atom is 0.236 e. The molecule has 5 nitrogen and oxygen atoms in total. The molecule has 0 spiro atoms. The van der Waals surface area contributed by atoms with E-state index in [0.717, 1.165) is 19.4 Å². The van der Waals surface area contributed by atoms with Crippen molar-refractivity contribution in [1.29, 1.82) is 0 Å². The van der Waals surface area contributed by atoms with Crippen molar-refractivity contribution in [3.05, 3.63) is 30.1 Å². The maximum absolute atomic E-state index is 13.8. The summed E-state index contributed by atoms with van der Waals surface area (Å²) in [6.45, 7) is 3.91. The Hall–Kier alpha value is -1.66. The SMILES string of the molecule is O=C(CN1CCC[C@@H]1CO)N1CCN(c2ccccc2F)CC1. The number of likely N-dealkylation sites (tertiary alicyclic amines) is 1. The quantitative estimate of drug-likeness (QED) is 0.896. The standard InChI is InChI=1S/C17H24FN3O2/c18-15-5-1-2-6-16(15)19-8-10-20(11-9-19)17(23)12-21-7-3-4-14(21)13-22/h1-2,5-6,14,22H,3-4,7-13H2/t14-/m1/s1. The van der Waals surface area contributed by atoms with Crippen LogP contribution in [0.3, 0.4) is 0 Å². The van der Waals surface area contributed by atoms with Crippen molar-refractivity contribution >= 4 is 11.6 Å². The van der Waals surface area contributed by atoms with Gasteiger partial charge in [-0.25, -0.2) is 4.39 Å². The molecule has 2 fully saturated rings. The smallest absolute Gasteiger partial charge is 0.236 e. The summed E-state index contributed by atoms with van der Waals surface area (Å²) < 4.78 is 13.8. The highest BCUT2D eigenvalue weighted by atomic mass is 19.1. The van der Waals surface area contributed by atoms with Crippen molar-refractivity contribution in [1.82, 2.24) is 9.80 Å². The molecule has 0 unspecified atom stereocenters. The molecule has 2 heterocycles. The van der Waals surface area contributed by atoms with Crippen LogP contribution in [0.5, 0.6) is 0 Å². The van der Waals surface area contributed by atoms with Gasteiger partial charge in [0.2, 0.25) is 5.91 Å². The van der Waals surface area contributed by atoms with E-state index in [2.05, 4.69) is 4.90 Å². The van der Waals surface area contributed by atoms with Gasteiger partial charge in [0, 0.05) is 32.2 Å². The van der Waals surface area contributed by atoms with Gasteiger partial charge in [0.15, 0.2) is 0 Å². The molecule has 0 saturated carbocycles. The molecule has 23 heavy (non-hydrogen) atoms. The molecule has 2 saturated heterocycles. The molecule has 2 aliphatic rings. The molecule has 0 aromatic heterocycles. The first-order valence-corrected chi connectivity index (χ1v) is 8.31. The van der Waals surface area contributed by atoms with Crippen LogP contribution in [0.2, 0.25) is 0 Å². The minimum Gasteiger partial charge on any atom is -0.395 e. The Labute approximate surface area is 136 Å². The largest absolute Gasteiger partial charge is 0.395 e. The average molecular weight is 321 g/mol. The lowest BCUT2D eigenvalue weighted by atomic mass is 10.2. The number of piperazine rings is 1. The van der Waals surface area contributed by atoms with E-state index in [1.165, 1.54) is 6.07 Å². The highest BCUT2D eigenvalue weighted by Gasteiger charge is 2.29. The third-order valence-electron chi connectivity index (χ3n) is 4.87. The van der Waals surface area contributed by atoms with Gasteiger partial charge >= 0.3 is 0 Å². The van der Waals surface area contributed by atoms with E-state index in [4.69, 9.17) is 0 Å². The molecular formula is C17H24FN3O2. The lowest BCUT2D eigenvalue weighted by Gasteiger charge is -2.37. The summed E-state index contributed by atoms with van der Waals surface area (Å²) in [6, 6.07) is 6.89. The summed E-state index contributed by atoms with van der Waals surface area (Å²) in [6.07, 6.45) is 2.00. The fourth-order valence-electron chi connectivity index (χ4n) is 3.49. The number of carbonyl (C=O) groups excluding carboxylic acids is 1. The molecule has 1 N–H and O–H groups in total. The summed E-state index contributed by atoms with van der Waals surface area (Å²) >= 11 is 0. The molecule has 2 aliphatic heterocycles. The fourth-order valence-corrected chi connectivity index (χ4v) is 3.49. The zero-order valence-electron chi connectivity index (χ0n) is 13.3. The van der Waals surface area contributed by atoms with E-state index in [0.29, 0.717) is 38.4 Å². The molecule has 0 radical (unpaired) electrons. The first kappa shape index (κ1) is 16.2. The number of benzene rings is 1. The number of rotatable bonds is 4. The van der Waals surface area contributed by atoms with Gasteiger partial charge in [-0.15, -0.1) is 0 Å². The number of carbonyl (C=O) groups is 1. The van der Waals surface area contributed by atoms with Crippen molar-refractivity contribution < 1.29 is 14.3 Å². The van der Waals surface area contributed by atoms with Crippen molar-refractivity contribution in [3.63, 3.8) is 0 Å². The number of hydrogen-bond donors (Lipinski definition) is 1. The Balaban J connectivity index is 1.52. The van der Waals surface area contributed by atoms with Gasteiger partial charge in [-0.3, -0.25) is 9.69 Å². The Bertz CT molecular complexity index is 546. The topological polar surface area (TPSA) is 47.0 Å². The van der Waals surface area contributed by atoms with E-state index in [9.17, 15) is 14.3 Å². The second-order valence-electron chi connectivity index (χ2n) is 6.27. The number of aliphatic hydroxyl groups excluding tert-OH is 1. The highest BCUT2D eigenvalue weighted by Crippen LogP contribution is 2.21. The zero-order valence-corrected chi connectivity index (χ0v) is 13.3. The number of aliphatic hydroxyl groups is 1. The molecule has 126 valence electrons. The van der Waals surface area contributed by atoms with Crippen LogP contribution in [-0.2, 0) is 4.79 Å². The number of amides is 1. The van der Waals surface area contributed by atoms with Crippen LogP contribution in [0.25, 0.3) is 0 Å². The summed E-state index contributed by atoms with van der Waals surface area (Å²) in [5.74, 6) is -0.103. The monoisotopic (exact) mass is 321 g/mol. The Morgan fingerprint density at radius 3 is 2.61 bits per heavy atom. The number of halogens is 1. The van der Waals surface area contributed by atoms with Gasteiger partial charge in [-0.2, -0.15) is 0 Å². The number of hydrogen-bond acceptors (Lipinski definition) is 4. The van der Waals surface area contributed by atoms with E-state index in [1.54, 1.807) is 12.1 Å². The van der Waals surface area contributed by atoms with E-state index in [1.807, 2.05) is 15.9 Å². The Morgan fingerprint density at radius 1 is 1.17 bits per heavy atom. The minimum atomic E-state index is -0.213. The van der Waals surface area contributed by atoms with Crippen LogP contribution in [0.1, 0.15) is 12.8 Å². The van der Waals surface area contributed by atoms with Gasteiger partial charge in [0.25, 0.3) is 0 Å². The normalized spacial score (nSPS) is 22.6. The average Bonchev–Trinajstić information content (AvgIpc) is 3.02. The van der Waals surface area contributed by atoms with E-state index < -0.39 is 0 Å². The molecular weight excluding hydrogens is 297 g/mol. The second-order valence-corrected chi connectivity index (χ2v) is 6.27. The van der Waals surface area contributed by atoms with Crippen LogP contribution in [0, 0.1) is 5.82 Å². The van der Waals surface area contributed by atoms with Crippen molar-refractivity contribution in [2.45, 2.75) is 18.9 Å². The molecule has 1 amide bonds. The fraction of sp³-hybridized carbons (Fsp3) is 0.588. The summed E-state index contributed by atoms with van der Waals surface area (Å²) in [7, 11) is 0. The van der Waals surface area contributed by atoms with E-state index in [-0.39, 0.29) is 24.4 Å². The molecule has 6 heteroatoms. The number of anilines is 1. The lowest BCUT2D eigenvalue weighted by Crippen LogP contribution is -2.52. The molecule has 1 aromatic rings. The van der Waals surface area contributed by atoms with Gasteiger partial charge < -0.3 is 14.9 Å². The summed E-state index contributed by atoms with van der Waals surface area (Å²) in [5.41, 5.74) is 0.611. The van der Waals surface area contributed by atoms with Crippen LogP contribution in [0.15, 0.2) is 24.3 Å². The Kier molecular flexibility index (Phi) is 5.13. The zero-order chi connectivity index (χ0) is 16.2. The van der Waals surface area contributed by atoms with Gasteiger partial charge in [-0.1, -0.05) is 12.1 Å². The maximum atomic E-state index is 13.8. The van der Waals surface area contributed by atoms with Gasteiger partial charge in [0.1, 0.15) is 5.82 Å². The van der Waals surface area contributed by atoms with Gasteiger partial charge in [0.05, 0.1) is 18.8 Å². The summed E-state index contributed by atoms with van der Waals surface area (Å²) in [4.78, 5) is 18.4. The lowest BCUT2D eigenvalue weighted by molar-refractivity contribution is -0.133. The number of nitrogens with zero attached hydrogens (tertiary/aromatic N) is 3. The first-order chi connectivity index (χ1) is 11.2. The first-order valence-electron chi connectivity index (χ1n) is 8.31. The van der Waals surface area contributed by atoms with Crippen LogP contribution in [0.4, 0.5) is 10.1 Å². The van der Waals surface area contributed by atoms with Crippen molar-refractivity contribution in [3.8, 4) is 0 Å². The van der Waals surface area contributed by atoms with Gasteiger partial charge in [-0.05, 0) is 31.5 Å². The van der Waals surface area contributed by atoms with Crippen molar-refractivity contribution in [2.24, 2.45) is 0 Å². The molecule has 1 atom stereocenters. The predicted octanol–water partition coefficient (Wildman–Crippen LogP) is 0.931. The Morgan fingerprint density at radius 2 is 1.91 bits per heavy atom. The highest BCUT2D eigenvalue weighted by molar-refractivity contribution is 5.78. The van der Waals surface area contributed by atoms with Crippen molar-refractivity contribution in [2.75, 3.05) is 50.8 Å². The van der Waals surface area contributed by atoms with Crippen LogP contribution >= 0.6 is 0 Å². The molecule has 0 aliphatic carbocycles. The third kappa shape index (κ3) is 3.64. The second kappa shape index (κ2) is 7.27. The third-order valence-corrected chi connectivity index (χ3v) is 4.87.